The smallest absolute Gasteiger partial charge is 0.106 e. The maximum atomic E-state index is 8.00. The van der Waals surface area contributed by atoms with Crippen molar-refractivity contribution in [1.82, 2.24) is 4.90 Å². The molecule has 1 unspecified atom stereocenters. The Labute approximate surface area is 103 Å². The van der Waals surface area contributed by atoms with E-state index in [-0.39, 0.29) is 0 Å². The zero-order chi connectivity index (χ0) is 12.7. The largest absolute Gasteiger partial charge is 0.364 e. The third-order valence-electron chi connectivity index (χ3n) is 3.03. The van der Waals surface area contributed by atoms with Crippen LogP contribution in [0.5, 0.6) is 0 Å². The fraction of sp³-hybridized carbons (Fsp3) is 0.357. The van der Waals surface area contributed by atoms with E-state index in [1.54, 1.807) is 0 Å². The minimum atomic E-state index is 0.634. The molecular formula is C14H19NO2. The molecule has 0 amide bonds. The second-order valence-corrected chi connectivity index (χ2v) is 3.87. The van der Waals surface area contributed by atoms with Crippen LogP contribution in [0.4, 0.5) is 0 Å². The monoisotopic (exact) mass is 233 g/mol. The molecule has 0 bridgehead atoms. The lowest BCUT2D eigenvalue weighted by molar-refractivity contribution is -0.0979. The Bertz CT molecular complexity index is 321. The van der Waals surface area contributed by atoms with Crippen LogP contribution in [-0.4, -0.2) is 31.1 Å². The number of rotatable bonds is 0. The minimum absolute atomic E-state index is 0.634. The number of carbonyl (C=O) groups excluding carboxylic acids is 1. The summed E-state index contributed by atoms with van der Waals surface area (Å²) in [5.74, 6) is 0. The predicted molar refractivity (Wildman–Crippen MR) is 68.7 cm³/mol. The van der Waals surface area contributed by atoms with E-state index in [2.05, 4.69) is 42.3 Å². The zero-order valence-corrected chi connectivity index (χ0v) is 10.1. The van der Waals surface area contributed by atoms with E-state index in [9.17, 15) is 0 Å². The molecule has 1 atom stereocenters. The van der Waals surface area contributed by atoms with Crippen LogP contribution in [0.25, 0.3) is 0 Å². The Morgan fingerprint density at radius 1 is 1.18 bits per heavy atom. The van der Waals surface area contributed by atoms with Gasteiger partial charge >= 0.3 is 0 Å². The summed E-state index contributed by atoms with van der Waals surface area (Å²) >= 11 is 0. The van der Waals surface area contributed by atoms with Crippen LogP contribution in [0.1, 0.15) is 11.1 Å². The van der Waals surface area contributed by atoms with Gasteiger partial charge in [0.2, 0.25) is 0 Å². The molecule has 2 aliphatic rings. The molecule has 0 aliphatic carbocycles. The van der Waals surface area contributed by atoms with Crippen LogP contribution < -0.4 is 0 Å². The fourth-order valence-electron chi connectivity index (χ4n) is 2.26. The summed E-state index contributed by atoms with van der Waals surface area (Å²) in [5.41, 5.74) is 2.98. The normalized spacial score (nSPS) is 21.1. The SMILES string of the molecule is C=C.C=O.c1ccc2c(c1)CC1COCN1C2. The Balaban J connectivity index is 0.000000330. The Hall–Kier alpha value is -1.45. The van der Waals surface area contributed by atoms with Crippen molar-refractivity contribution in [2.24, 2.45) is 0 Å². The van der Waals surface area contributed by atoms with Gasteiger partial charge in [0.05, 0.1) is 13.3 Å². The van der Waals surface area contributed by atoms with Crippen molar-refractivity contribution in [1.29, 1.82) is 0 Å². The van der Waals surface area contributed by atoms with E-state index < -0.39 is 0 Å². The highest BCUT2D eigenvalue weighted by molar-refractivity contribution is 5.30. The molecule has 3 heteroatoms. The standard InChI is InChI=1S/C11H13NO.C2H4.CH2O/c1-2-4-10-6-12-8-13-7-11(12)5-9(10)3-1;2*1-2/h1-4,11H,5-8H2;1-2H2;1H2. The maximum Gasteiger partial charge on any atom is 0.106 e. The van der Waals surface area contributed by atoms with Crippen molar-refractivity contribution in [3.8, 4) is 0 Å². The molecule has 3 nitrogen and oxygen atoms in total. The predicted octanol–water partition coefficient (Wildman–Crippen LogP) is 2.02. The van der Waals surface area contributed by atoms with E-state index in [4.69, 9.17) is 9.53 Å². The van der Waals surface area contributed by atoms with Gasteiger partial charge in [-0.1, -0.05) is 24.3 Å². The van der Waals surface area contributed by atoms with Crippen molar-refractivity contribution >= 4 is 6.79 Å². The number of hydrogen-bond acceptors (Lipinski definition) is 3. The first-order chi connectivity index (χ1) is 8.43. The Morgan fingerprint density at radius 3 is 2.53 bits per heavy atom. The number of carbonyl (C=O) groups is 1. The quantitative estimate of drug-likeness (QED) is 0.642. The van der Waals surface area contributed by atoms with E-state index in [0.29, 0.717) is 6.04 Å². The number of hydrogen-bond donors (Lipinski definition) is 0. The van der Waals surface area contributed by atoms with Crippen LogP contribution in [-0.2, 0) is 22.5 Å². The van der Waals surface area contributed by atoms with Crippen LogP contribution >= 0.6 is 0 Å². The first-order valence-electron chi connectivity index (χ1n) is 5.61. The Morgan fingerprint density at radius 2 is 1.82 bits per heavy atom. The highest BCUT2D eigenvalue weighted by Gasteiger charge is 2.29. The third kappa shape index (κ3) is 3.02. The van der Waals surface area contributed by atoms with Crippen molar-refractivity contribution in [2.75, 3.05) is 13.3 Å². The van der Waals surface area contributed by atoms with Gasteiger partial charge in [0, 0.05) is 12.6 Å². The number of nitrogens with zero attached hydrogens (tertiary/aromatic N) is 1. The second-order valence-electron chi connectivity index (χ2n) is 3.87. The molecule has 3 rings (SSSR count). The van der Waals surface area contributed by atoms with E-state index in [0.717, 1.165) is 26.3 Å². The van der Waals surface area contributed by atoms with Gasteiger partial charge in [0.25, 0.3) is 0 Å². The van der Waals surface area contributed by atoms with Crippen molar-refractivity contribution < 1.29 is 9.53 Å². The summed E-state index contributed by atoms with van der Waals surface area (Å²) < 4.78 is 5.45. The minimum Gasteiger partial charge on any atom is -0.364 e. The summed E-state index contributed by atoms with van der Waals surface area (Å²) in [4.78, 5) is 10.4. The second kappa shape index (κ2) is 6.99. The molecule has 2 heterocycles. The molecule has 17 heavy (non-hydrogen) atoms. The molecule has 0 spiro atoms. The molecule has 0 radical (unpaired) electrons. The van der Waals surface area contributed by atoms with Crippen LogP contribution in [0.2, 0.25) is 0 Å². The van der Waals surface area contributed by atoms with Crippen molar-refractivity contribution in [3.63, 3.8) is 0 Å². The van der Waals surface area contributed by atoms with Crippen molar-refractivity contribution in [2.45, 2.75) is 19.0 Å². The molecule has 1 aromatic rings. The molecule has 1 aromatic carbocycles. The molecular weight excluding hydrogens is 214 g/mol. The van der Waals surface area contributed by atoms with E-state index >= 15 is 0 Å². The molecule has 2 aliphatic heterocycles. The van der Waals surface area contributed by atoms with E-state index in [1.165, 1.54) is 11.1 Å². The molecule has 0 saturated carbocycles. The highest BCUT2D eigenvalue weighted by atomic mass is 16.5. The fourth-order valence-corrected chi connectivity index (χ4v) is 2.26. The first kappa shape index (κ1) is 13.6. The van der Waals surface area contributed by atoms with E-state index in [1.807, 2.05) is 6.79 Å². The number of fused-ring (bicyclic) bond motifs is 2. The lowest BCUT2D eigenvalue weighted by atomic mass is 9.95. The van der Waals surface area contributed by atoms with Gasteiger partial charge < -0.3 is 9.53 Å². The van der Waals surface area contributed by atoms with Gasteiger partial charge in [-0.2, -0.15) is 0 Å². The number of ether oxygens (including phenoxy) is 1. The summed E-state index contributed by atoms with van der Waals surface area (Å²) in [6.45, 7) is 10.8. The van der Waals surface area contributed by atoms with Crippen molar-refractivity contribution in [3.05, 3.63) is 48.6 Å². The maximum absolute atomic E-state index is 8.00. The average molecular weight is 233 g/mol. The summed E-state index contributed by atoms with van der Waals surface area (Å²) in [6, 6.07) is 9.35. The van der Waals surface area contributed by atoms with Gasteiger partial charge in [-0.05, 0) is 17.5 Å². The van der Waals surface area contributed by atoms with Crippen LogP contribution in [0.15, 0.2) is 37.4 Å². The molecule has 1 fully saturated rings. The lowest BCUT2D eigenvalue weighted by Gasteiger charge is -2.29. The van der Waals surface area contributed by atoms with Crippen LogP contribution in [0, 0.1) is 0 Å². The van der Waals surface area contributed by atoms with Gasteiger partial charge in [-0.25, -0.2) is 0 Å². The van der Waals surface area contributed by atoms with Crippen LogP contribution in [0.3, 0.4) is 0 Å². The molecule has 92 valence electrons. The zero-order valence-electron chi connectivity index (χ0n) is 10.1. The summed E-state index contributed by atoms with van der Waals surface area (Å²) in [7, 11) is 0. The molecule has 1 saturated heterocycles. The summed E-state index contributed by atoms with van der Waals surface area (Å²) in [6.07, 6.45) is 1.16. The van der Waals surface area contributed by atoms with Gasteiger partial charge in [-0.3, -0.25) is 4.90 Å². The summed E-state index contributed by atoms with van der Waals surface area (Å²) in [5, 5.41) is 0. The molecule has 0 aromatic heterocycles. The lowest BCUT2D eigenvalue weighted by Crippen LogP contribution is -2.36. The van der Waals surface area contributed by atoms with Gasteiger partial charge in [0.1, 0.15) is 6.79 Å². The highest BCUT2D eigenvalue weighted by Crippen LogP contribution is 2.25. The Kier molecular flexibility index (Phi) is 5.60. The first-order valence-corrected chi connectivity index (χ1v) is 5.61. The number of benzene rings is 1. The van der Waals surface area contributed by atoms with Gasteiger partial charge in [0.15, 0.2) is 0 Å². The van der Waals surface area contributed by atoms with Gasteiger partial charge in [-0.15, -0.1) is 13.2 Å². The average Bonchev–Trinajstić information content (AvgIpc) is 2.88. The topological polar surface area (TPSA) is 29.5 Å². The molecule has 0 N–H and O–H groups in total. The third-order valence-corrected chi connectivity index (χ3v) is 3.03.